The Hall–Kier alpha value is -1.64. The first kappa shape index (κ1) is 28.9. The Morgan fingerprint density at radius 1 is 0.872 bits per heavy atom. The van der Waals surface area contributed by atoms with E-state index in [2.05, 4.69) is 34.6 Å². The molecule has 0 bridgehead atoms. The summed E-state index contributed by atoms with van der Waals surface area (Å²) < 4.78 is 5.93. The first-order valence-corrected chi connectivity index (χ1v) is 16.4. The number of ether oxygens (including phenoxy) is 1. The van der Waals surface area contributed by atoms with E-state index in [9.17, 15) is 9.59 Å². The van der Waals surface area contributed by atoms with Crippen molar-refractivity contribution in [3.8, 4) is 0 Å². The van der Waals surface area contributed by atoms with Crippen LogP contribution in [0.2, 0.25) is 0 Å². The van der Waals surface area contributed by atoms with Crippen LogP contribution >= 0.6 is 0 Å². The Morgan fingerprint density at radius 3 is 2.33 bits per heavy atom. The molecule has 4 aliphatic carbocycles. The third-order valence-corrected chi connectivity index (χ3v) is 12.5. The van der Waals surface area contributed by atoms with Gasteiger partial charge in [0, 0.05) is 5.56 Å². The van der Waals surface area contributed by atoms with E-state index in [0.29, 0.717) is 22.3 Å². The topological polar surface area (TPSA) is 43.4 Å². The lowest BCUT2D eigenvalue weighted by molar-refractivity contribution is -0.161. The predicted octanol–water partition coefficient (Wildman–Crippen LogP) is 9.29. The highest BCUT2D eigenvalue weighted by Crippen LogP contribution is 2.68. The van der Waals surface area contributed by atoms with Crippen molar-refractivity contribution in [2.45, 2.75) is 124 Å². The molecular formula is C36H54O3. The monoisotopic (exact) mass is 534 g/mol. The lowest BCUT2D eigenvalue weighted by atomic mass is 9.44. The Bertz CT molecular complexity index is 1000. The fourth-order valence-corrected chi connectivity index (χ4v) is 10.4. The molecule has 216 valence electrons. The van der Waals surface area contributed by atoms with Gasteiger partial charge < -0.3 is 4.74 Å². The number of carbonyl (C=O) groups is 2. The molecule has 0 unspecified atom stereocenters. The van der Waals surface area contributed by atoms with Crippen molar-refractivity contribution in [1.29, 1.82) is 0 Å². The largest absolute Gasteiger partial charge is 0.462 e. The van der Waals surface area contributed by atoms with Crippen LogP contribution in [-0.4, -0.2) is 17.9 Å². The summed E-state index contributed by atoms with van der Waals surface area (Å²) >= 11 is 0. The average Bonchev–Trinajstić information content (AvgIpc) is 3.26. The van der Waals surface area contributed by atoms with Gasteiger partial charge in [-0.05, 0) is 110 Å². The molecule has 3 nitrogen and oxygen atoms in total. The molecule has 0 spiro atoms. The smallest absolute Gasteiger partial charge is 0.313 e. The minimum absolute atomic E-state index is 0.0212. The Labute approximate surface area is 238 Å². The highest BCUT2D eigenvalue weighted by Gasteiger charge is 2.60. The van der Waals surface area contributed by atoms with Crippen LogP contribution in [0.3, 0.4) is 0 Å². The summed E-state index contributed by atoms with van der Waals surface area (Å²) in [4.78, 5) is 25.2. The summed E-state index contributed by atoms with van der Waals surface area (Å²) in [7, 11) is 0. The van der Waals surface area contributed by atoms with Gasteiger partial charge in [-0.3, -0.25) is 9.59 Å². The second kappa shape index (κ2) is 11.7. The number of esters is 1. The van der Waals surface area contributed by atoms with Crippen LogP contribution in [-0.2, 0) is 9.53 Å². The maximum absolute atomic E-state index is 12.7. The SMILES string of the molecule is CC(C)CCC[C@@H](C)[C@H]1CC[C@H]2[C@@H]3CC[C@H]4C[C@@H](OC(=O)CC(=O)c5ccccc5)CC[C@]4(C)[C@H]3CC[C@]12C. The van der Waals surface area contributed by atoms with Gasteiger partial charge in [0.2, 0.25) is 0 Å². The lowest BCUT2D eigenvalue weighted by Crippen LogP contribution is -2.54. The third-order valence-electron chi connectivity index (χ3n) is 12.5. The van der Waals surface area contributed by atoms with Crippen LogP contribution in [0.5, 0.6) is 0 Å². The third kappa shape index (κ3) is 5.76. The molecule has 4 fully saturated rings. The van der Waals surface area contributed by atoms with Gasteiger partial charge in [-0.25, -0.2) is 0 Å². The van der Waals surface area contributed by atoms with Crippen LogP contribution in [0.25, 0.3) is 0 Å². The van der Waals surface area contributed by atoms with Crippen LogP contribution in [0.4, 0.5) is 0 Å². The lowest BCUT2D eigenvalue weighted by Gasteiger charge is -2.61. The molecule has 5 rings (SSSR count). The molecule has 0 aliphatic heterocycles. The number of hydrogen-bond acceptors (Lipinski definition) is 3. The van der Waals surface area contributed by atoms with Crippen molar-refractivity contribution in [2.75, 3.05) is 0 Å². The van der Waals surface area contributed by atoms with Crippen molar-refractivity contribution in [3.63, 3.8) is 0 Å². The fourth-order valence-electron chi connectivity index (χ4n) is 10.4. The van der Waals surface area contributed by atoms with Gasteiger partial charge in [0.15, 0.2) is 5.78 Å². The van der Waals surface area contributed by atoms with Crippen molar-refractivity contribution < 1.29 is 14.3 Å². The molecule has 4 aliphatic rings. The van der Waals surface area contributed by atoms with E-state index in [1.807, 2.05) is 18.2 Å². The van der Waals surface area contributed by atoms with Gasteiger partial charge in [-0.15, -0.1) is 0 Å². The number of hydrogen-bond donors (Lipinski definition) is 0. The van der Waals surface area contributed by atoms with Gasteiger partial charge >= 0.3 is 5.97 Å². The number of benzene rings is 1. The first-order chi connectivity index (χ1) is 18.6. The molecule has 0 saturated heterocycles. The van der Waals surface area contributed by atoms with Crippen LogP contribution in [0.15, 0.2) is 30.3 Å². The number of ketones is 1. The minimum atomic E-state index is -0.348. The van der Waals surface area contributed by atoms with Gasteiger partial charge in [0.05, 0.1) is 0 Å². The molecule has 0 amide bonds. The number of rotatable bonds is 9. The highest BCUT2D eigenvalue weighted by atomic mass is 16.5. The van der Waals surface area contributed by atoms with Crippen LogP contribution in [0, 0.1) is 52.3 Å². The van der Waals surface area contributed by atoms with Gasteiger partial charge in [0.25, 0.3) is 0 Å². The molecule has 0 radical (unpaired) electrons. The van der Waals surface area contributed by atoms with Crippen molar-refractivity contribution >= 4 is 11.8 Å². The van der Waals surface area contributed by atoms with Crippen molar-refractivity contribution in [2.24, 2.45) is 52.3 Å². The highest BCUT2D eigenvalue weighted by molar-refractivity contribution is 6.05. The molecule has 9 atom stereocenters. The first-order valence-electron chi connectivity index (χ1n) is 16.4. The van der Waals surface area contributed by atoms with Crippen LogP contribution in [0.1, 0.15) is 128 Å². The second-order valence-corrected chi connectivity index (χ2v) is 15.0. The maximum Gasteiger partial charge on any atom is 0.313 e. The number of fused-ring (bicyclic) bond motifs is 5. The molecule has 39 heavy (non-hydrogen) atoms. The Kier molecular flexibility index (Phi) is 8.65. The number of Topliss-reactive ketones (excluding diaryl/α,β-unsaturated/α-hetero) is 1. The summed E-state index contributed by atoms with van der Waals surface area (Å²) in [5.41, 5.74) is 1.51. The van der Waals surface area contributed by atoms with Gasteiger partial charge in [0.1, 0.15) is 12.5 Å². The van der Waals surface area contributed by atoms with E-state index in [0.717, 1.165) is 48.3 Å². The fraction of sp³-hybridized carbons (Fsp3) is 0.778. The van der Waals surface area contributed by atoms with E-state index in [1.165, 1.54) is 64.2 Å². The number of carbonyl (C=O) groups excluding carboxylic acids is 2. The summed E-state index contributed by atoms with van der Waals surface area (Å²) in [6.45, 7) is 12.6. The summed E-state index contributed by atoms with van der Waals surface area (Å²) in [6.07, 6.45) is 15.5. The summed E-state index contributed by atoms with van der Waals surface area (Å²) in [5, 5.41) is 0. The van der Waals surface area contributed by atoms with E-state index in [4.69, 9.17) is 4.74 Å². The Balaban J connectivity index is 1.17. The standard InChI is InChI=1S/C36H54O3/c1-24(2)10-9-11-25(3)30-16-17-31-29-15-14-27-22-28(18-20-35(27,4)32(29)19-21-36(30,31)5)39-34(38)23-33(37)26-12-7-6-8-13-26/h6-8,12-13,24-25,27-32H,9-11,14-23H2,1-5H3/t25-,27+,28+,29+,30-,31+,32+,35+,36-/m1/s1. The van der Waals surface area contributed by atoms with E-state index < -0.39 is 0 Å². The van der Waals surface area contributed by atoms with E-state index >= 15 is 0 Å². The van der Waals surface area contributed by atoms with Gasteiger partial charge in [-0.1, -0.05) is 84.2 Å². The normalized spacial score (nSPS) is 38.4. The molecule has 4 saturated carbocycles. The molecular weight excluding hydrogens is 480 g/mol. The van der Waals surface area contributed by atoms with Crippen molar-refractivity contribution in [3.05, 3.63) is 35.9 Å². The van der Waals surface area contributed by atoms with Gasteiger partial charge in [-0.2, -0.15) is 0 Å². The maximum atomic E-state index is 12.7. The molecule has 1 aromatic carbocycles. The van der Waals surface area contributed by atoms with Crippen molar-refractivity contribution in [1.82, 2.24) is 0 Å². The molecule has 0 N–H and O–H groups in total. The Morgan fingerprint density at radius 2 is 1.59 bits per heavy atom. The summed E-state index contributed by atoms with van der Waals surface area (Å²) in [5.74, 6) is 5.39. The molecule has 0 heterocycles. The zero-order valence-electron chi connectivity index (χ0n) is 25.4. The average molecular weight is 535 g/mol. The minimum Gasteiger partial charge on any atom is -0.462 e. The predicted molar refractivity (Wildman–Crippen MR) is 158 cm³/mol. The molecule has 3 heteroatoms. The van der Waals surface area contributed by atoms with E-state index in [1.54, 1.807) is 12.1 Å². The van der Waals surface area contributed by atoms with Crippen LogP contribution < -0.4 is 0 Å². The zero-order chi connectivity index (χ0) is 27.8. The molecule has 1 aromatic rings. The molecule has 0 aromatic heterocycles. The zero-order valence-corrected chi connectivity index (χ0v) is 25.4. The van der Waals surface area contributed by atoms with E-state index in [-0.39, 0.29) is 24.3 Å². The second-order valence-electron chi connectivity index (χ2n) is 15.0. The summed E-state index contributed by atoms with van der Waals surface area (Å²) in [6, 6.07) is 9.11. The quantitative estimate of drug-likeness (QED) is 0.180.